The molecule has 3 heterocycles. The predicted octanol–water partition coefficient (Wildman–Crippen LogP) is 3.65. The van der Waals surface area contributed by atoms with Crippen LogP contribution in [0.5, 0.6) is 0 Å². The Hall–Kier alpha value is -3.39. The summed E-state index contributed by atoms with van der Waals surface area (Å²) < 4.78 is 0. The third-order valence-electron chi connectivity index (χ3n) is 6.37. The molecule has 0 spiro atoms. The predicted molar refractivity (Wildman–Crippen MR) is 125 cm³/mol. The van der Waals surface area contributed by atoms with Crippen molar-refractivity contribution in [3.05, 3.63) is 82.1 Å². The van der Waals surface area contributed by atoms with E-state index in [1.54, 1.807) is 36.6 Å². The first-order chi connectivity index (χ1) is 15.8. The minimum atomic E-state index is -1.24. The first kappa shape index (κ1) is 22.8. The number of amides is 3. The van der Waals surface area contributed by atoms with Crippen LogP contribution in [0.1, 0.15) is 47.5 Å². The van der Waals surface area contributed by atoms with Crippen molar-refractivity contribution in [2.24, 2.45) is 0 Å². The quantitative estimate of drug-likeness (QED) is 0.501. The Kier molecular flexibility index (Phi) is 6.37. The van der Waals surface area contributed by atoms with Crippen LogP contribution in [0.2, 0.25) is 0 Å². The molecular weight excluding hydrogens is 436 g/mol. The lowest BCUT2D eigenvalue weighted by Gasteiger charge is -2.32. The van der Waals surface area contributed by atoms with E-state index in [0.717, 1.165) is 21.7 Å². The van der Waals surface area contributed by atoms with Gasteiger partial charge in [0, 0.05) is 43.9 Å². The number of hydrogen-bond acceptors (Lipinski definition) is 6. The second-order valence-electron chi connectivity index (χ2n) is 8.45. The van der Waals surface area contributed by atoms with Gasteiger partial charge in [0.05, 0.1) is 18.0 Å². The number of rotatable bonds is 7. The summed E-state index contributed by atoms with van der Waals surface area (Å²) in [6.45, 7) is 3.96. The number of hydrogen-bond donors (Lipinski definition) is 0. The number of aryl methyl sites for hydroxylation is 1. The van der Waals surface area contributed by atoms with E-state index in [9.17, 15) is 14.4 Å². The van der Waals surface area contributed by atoms with Gasteiger partial charge in [-0.2, -0.15) is 0 Å². The normalized spacial score (nSPS) is 19.1. The molecule has 2 atom stereocenters. The van der Waals surface area contributed by atoms with Crippen LogP contribution in [0, 0.1) is 6.92 Å². The van der Waals surface area contributed by atoms with Crippen molar-refractivity contribution in [2.45, 2.75) is 44.7 Å². The summed E-state index contributed by atoms with van der Waals surface area (Å²) in [6.07, 6.45) is 4.87. The zero-order valence-corrected chi connectivity index (χ0v) is 19.7. The van der Waals surface area contributed by atoms with E-state index in [4.69, 9.17) is 0 Å². The van der Waals surface area contributed by atoms with Gasteiger partial charge in [-0.05, 0) is 36.6 Å². The molecule has 0 N–H and O–H groups in total. The van der Waals surface area contributed by atoms with Gasteiger partial charge >= 0.3 is 0 Å². The maximum atomic E-state index is 13.9. The summed E-state index contributed by atoms with van der Waals surface area (Å²) in [5, 5.41) is 2.69. The van der Waals surface area contributed by atoms with Gasteiger partial charge in [-0.15, -0.1) is 11.3 Å². The smallest absolute Gasteiger partial charge is 0.241 e. The molecule has 0 aliphatic carbocycles. The van der Waals surface area contributed by atoms with Crippen LogP contribution >= 0.6 is 11.3 Å². The lowest BCUT2D eigenvalue weighted by atomic mass is 9.74. The van der Waals surface area contributed by atoms with Crippen molar-refractivity contribution < 1.29 is 14.4 Å². The summed E-state index contributed by atoms with van der Waals surface area (Å²) in [4.78, 5) is 51.7. The van der Waals surface area contributed by atoms with Crippen LogP contribution < -0.4 is 0 Å². The van der Waals surface area contributed by atoms with Crippen molar-refractivity contribution in [3.8, 4) is 0 Å². The van der Waals surface area contributed by atoms with E-state index in [1.165, 1.54) is 16.2 Å². The van der Waals surface area contributed by atoms with E-state index in [-0.39, 0.29) is 43.1 Å². The van der Waals surface area contributed by atoms with Gasteiger partial charge in [0.2, 0.25) is 17.7 Å². The number of benzene rings is 1. The average molecular weight is 463 g/mol. The second kappa shape index (κ2) is 9.23. The largest absolute Gasteiger partial charge is 0.337 e. The molecule has 1 fully saturated rings. The van der Waals surface area contributed by atoms with Gasteiger partial charge in [0.25, 0.3) is 0 Å². The molecule has 2 aromatic heterocycles. The zero-order valence-electron chi connectivity index (χ0n) is 18.9. The van der Waals surface area contributed by atoms with E-state index in [1.807, 2.05) is 49.6 Å². The summed E-state index contributed by atoms with van der Waals surface area (Å²) in [6, 6.07) is 10.9. The molecule has 0 saturated carbocycles. The maximum absolute atomic E-state index is 13.9. The Balaban J connectivity index is 1.68. The van der Waals surface area contributed by atoms with E-state index < -0.39 is 5.41 Å². The number of carbonyl (C=O) groups excluding carboxylic acids is 3. The van der Waals surface area contributed by atoms with Gasteiger partial charge in [-0.3, -0.25) is 24.3 Å². The highest BCUT2D eigenvalue weighted by Gasteiger charge is 2.54. The zero-order chi connectivity index (χ0) is 23.6. The minimum absolute atomic E-state index is 0.0395. The Morgan fingerprint density at radius 1 is 1.21 bits per heavy atom. The lowest BCUT2D eigenvalue weighted by Crippen LogP contribution is -2.43. The van der Waals surface area contributed by atoms with Crippen LogP contribution in [-0.4, -0.2) is 44.5 Å². The molecule has 0 bridgehead atoms. The van der Waals surface area contributed by atoms with Gasteiger partial charge in [0.1, 0.15) is 5.01 Å². The van der Waals surface area contributed by atoms with Crippen LogP contribution in [-0.2, 0) is 26.3 Å². The first-order valence-corrected chi connectivity index (χ1v) is 11.7. The minimum Gasteiger partial charge on any atom is -0.337 e. The number of likely N-dealkylation sites (tertiary alicyclic amines) is 1. The molecule has 1 aliphatic heterocycles. The maximum Gasteiger partial charge on any atom is 0.241 e. The summed E-state index contributed by atoms with van der Waals surface area (Å²) in [5.41, 5.74) is 1.13. The number of carbonyl (C=O) groups is 3. The topological polar surface area (TPSA) is 83.5 Å². The molecule has 0 radical (unpaired) electrons. The number of pyridine rings is 1. The van der Waals surface area contributed by atoms with Crippen molar-refractivity contribution in [2.75, 3.05) is 7.05 Å². The van der Waals surface area contributed by atoms with Gasteiger partial charge < -0.3 is 4.90 Å². The van der Waals surface area contributed by atoms with Gasteiger partial charge in [-0.1, -0.05) is 30.3 Å². The molecule has 3 aromatic rings. The average Bonchev–Trinajstić information content (AvgIpc) is 3.43. The number of imide groups is 1. The molecule has 4 rings (SSSR count). The van der Waals surface area contributed by atoms with Crippen LogP contribution in [0.15, 0.2) is 60.4 Å². The van der Waals surface area contributed by atoms with E-state index >= 15 is 0 Å². The number of thiazole rings is 1. The van der Waals surface area contributed by atoms with Crippen molar-refractivity contribution >= 4 is 29.1 Å². The number of nitrogens with zero attached hydrogens (tertiary/aromatic N) is 4. The third-order valence-corrected chi connectivity index (χ3v) is 7.31. The highest BCUT2D eigenvalue weighted by molar-refractivity contribution is 7.09. The molecular formula is C25H26N4O3S. The first-order valence-electron chi connectivity index (χ1n) is 10.8. The molecule has 8 heteroatoms. The molecule has 33 heavy (non-hydrogen) atoms. The summed E-state index contributed by atoms with van der Waals surface area (Å²) >= 11 is 1.48. The van der Waals surface area contributed by atoms with Crippen LogP contribution in [0.3, 0.4) is 0 Å². The fourth-order valence-corrected chi connectivity index (χ4v) is 5.13. The molecule has 1 aliphatic rings. The Labute approximate surface area is 197 Å². The fraction of sp³-hybridized carbons (Fsp3) is 0.320. The van der Waals surface area contributed by atoms with Gasteiger partial charge in [-0.25, -0.2) is 4.98 Å². The highest BCUT2D eigenvalue weighted by Crippen LogP contribution is 2.42. The van der Waals surface area contributed by atoms with Crippen LogP contribution in [0.25, 0.3) is 0 Å². The molecule has 1 aromatic carbocycles. The standard InChI is InChI=1S/C25H26N4O3S/c1-17-7-4-5-9-20(17)25(13-21(30)28(3)18(2)23-27-11-12-33-23)14-22(31)29(24(25)32)16-19-8-6-10-26-15-19/h4-12,15,18H,13-14,16H2,1-3H3/t18-,25-/m1/s1. The summed E-state index contributed by atoms with van der Waals surface area (Å²) in [5.74, 6) is -0.824. The van der Waals surface area contributed by atoms with Crippen LogP contribution in [0.4, 0.5) is 0 Å². The third kappa shape index (κ3) is 4.30. The van der Waals surface area contributed by atoms with Crippen molar-refractivity contribution in [1.29, 1.82) is 0 Å². The Bertz CT molecular complexity index is 1170. The second-order valence-corrected chi connectivity index (χ2v) is 9.37. The van der Waals surface area contributed by atoms with E-state index in [0.29, 0.717) is 0 Å². The Morgan fingerprint density at radius 2 is 2.00 bits per heavy atom. The Morgan fingerprint density at radius 3 is 2.67 bits per heavy atom. The van der Waals surface area contributed by atoms with Crippen molar-refractivity contribution in [3.63, 3.8) is 0 Å². The fourth-order valence-electron chi connectivity index (χ4n) is 4.39. The number of aromatic nitrogens is 2. The lowest BCUT2D eigenvalue weighted by molar-refractivity contribution is -0.143. The van der Waals surface area contributed by atoms with Crippen molar-refractivity contribution in [1.82, 2.24) is 19.8 Å². The molecule has 3 amide bonds. The molecule has 0 unspecified atom stereocenters. The SMILES string of the molecule is Cc1ccccc1[C@@]1(CC(=O)N(C)[C@H](C)c2nccs2)CC(=O)N(Cc2cccnc2)C1=O. The molecule has 1 saturated heterocycles. The molecule has 170 valence electrons. The highest BCUT2D eigenvalue weighted by atomic mass is 32.1. The van der Waals surface area contributed by atoms with Gasteiger partial charge in [0.15, 0.2) is 0 Å². The van der Waals surface area contributed by atoms with E-state index in [2.05, 4.69) is 9.97 Å². The summed E-state index contributed by atoms with van der Waals surface area (Å²) in [7, 11) is 1.72. The monoisotopic (exact) mass is 462 g/mol. The molecule has 7 nitrogen and oxygen atoms in total.